The first-order valence-corrected chi connectivity index (χ1v) is 5.96. The van der Waals surface area contributed by atoms with Crippen LogP contribution in [-0.2, 0) is 6.42 Å². The molecule has 0 N–H and O–H groups in total. The lowest BCUT2D eigenvalue weighted by Crippen LogP contribution is -1.96. The Morgan fingerprint density at radius 3 is 2.50 bits per heavy atom. The maximum atomic E-state index is 13.6. The fourth-order valence-corrected chi connectivity index (χ4v) is 1.87. The highest BCUT2D eigenvalue weighted by Gasteiger charge is 2.08. The van der Waals surface area contributed by atoms with Crippen LogP contribution in [0.15, 0.2) is 36.5 Å². The molecular weight excluding hydrogens is 232 g/mol. The molecule has 1 nitrogen and oxygen atoms in total. The van der Waals surface area contributed by atoms with Gasteiger partial charge in [0.15, 0.2) is 0 Å². The van der Waals surface area contributed by atoms with Crippen molar-refractivity contribution in [2.75, 3.05) is 0 Å². The monoisotopic (exact) mass is 247 g/mol. The number of rotatable bonds is 3. The van der Waals surface area contributed by atoms with Crippen molar-refractivity contribution in [3.63, 3.8) is 0 Å². The summed E-state index contributed by atoms with van der Waals surface area (Å²) in [7, 11) is 0. The topological polar surface area (TPSA) is 12.9 Å². The van der Waals surface area contributed by atoms with E-state index in [4.69, 9.17) is 0 Å². The number of benzene rings is 1. The van der Waals surface area contributed by atoms with Gasteiger partial charge in [-0.25, -0.2) is 8.78 Å². The third-order valence-corrected chi connectivity index (χ3v) is 2.67. The molecule has 0 atom stereocenters. The Kier molecular flexibility index (Phi) is 3.70. The average molecular weight is 247 g/mol. The van der Waals surface area contributed by atoms with Crippen molar-refractivity contribution in [2.45, 2.75) is 20.3 Å². The fraction of sp³-hybridized carbons (Fsp3) is 0.267. The Balaban J connectivity index is 2.31. The van der Waals surface area contributed by atoms with E-state index in [2.05, 4.69) is 18.8 Å². The van der Waals surface area contributed by atoms with Crippen molar-refractivity contribution in [2.24, 2.45) is 5.92 Å². The van der Waals surface area contributed by atoms with Gasteiger partial charge < -0.3 is 0 Å². The Morgan fingerprint density at radius 1 is 1.11 bits per heavy atom. The van der Waals surface area contributed by atoms with Crippen LogP contribution in [0.3, 0.4) is 0 Å². The molecule has 2 aromatic rings. The summed E-state index contributed by atoms with van der Waals surface area (Å²) in [5.74, 6) is -0.372. The maximum Gasteiger partial charge on any atom is 0.132 e. The van der Waals surface area contributed by atoms with Gasteiger partial charge in [0.05, 0.1) is 5.69 Å². The van der Waals surface area contributed by atoms with Crippen LogP contribution in [0.5, 0.6) is 0 Å². The van der Waals surface area contributed by atoms with Gasteiger partial charge in [0.25, 0.3) is 0 Å². The van der Waals surface area contributed by atoms with Crippen molar-refractivity contribution in [3.05, 3.63) is 53.7 Å². The van der Waals surface area contributed by atoms with Crippen LogP contribution in [-0.4, -0.2) is 4.98 Å². The van der Waals surface area contributed by atoms with E-state index in [1.807, 2.05) is 6.07 Å². The van der Waals surface area contributed by atoms with Crippen LogP contribution in [0.25, 0.3) is 11.3 Å². The molecule has 1 heterocycles. The quantitative estimate of drug-likeness (QED) is 0.791. The van der Waals surface area contributed by atoms with Gasteiger partial charge in [0.2, 0.25) is 0 Å². The molecule has 1 aromatic heterocycles. The van der Waals surface area contributed by atoms with Gasteiger partial charge in [-0.3, -0.25) is 4.98 Å². The van der Waals surface area contributed by atoms with Crippen LogP contribution >= 0.6 is 0 Å². The van der Waals surface area contributed by atoms with E-state index in [0.29, 0.717) is 11.6 Å². The van der Waals surface area contributed by atoms with Gasteiger partial charge in [0.1, 0.15) is 11.6 Å². The zero-order valence-corrected chi connectivity index (χ0v) is 10.5. The zero-order chi connectivity index (χ0) is 13.1. The van der Waals surface area contributed by atoms with Gasteiger partial charge >= 0.3 is 0 Å². The molecule has 1 aromatic carbocycles. The number of pyridine rings is 1. The first-order valence-electron chi connectivity index (χ1n) is 5.96. The zero-order valence-electron chi connectivity index (χ0n) is 10.5. The number of aromatic nitrogens is 1. The molecule has 3 heteroatoms. The summed E-state index contributed by atoms with van der Waals surface area (Å²) >= 11 is 0. The first kappa shape index (κ1) is 12.7. The summed E-state index contributed by atoms with van der Waals surface area (Å²) in [6.07, 6.45) is 2.65. The van der Waals surface area contributed by atoms with Crippen LogP contribution in [0, 0.1) is 17.6 Å². The van der Waals surface area contributed by atoms with Gasteiger partial charge in [-0.1, -0.05) is 19.9 Å². The molecule has 0 bridgehead atoms. The minimum Gasteiger partial charge on any atom is -0.256 e. The Labute approximate surface area is 105 Å². The van der Waals surface area contributed by atoms with Crippen molar-refractivity contribution >= 4 is 0 Å². The predicted octanol–water partition coefficient (Wildman–Crippen LogP) is 4.23. The lowest BCUT2D eigenvalue weighted by atomic mass is 10.0. The van der Waals surface area contributed by atoms with E-state index in [0.717, 1.165) is 24.1 Å². The van der Waals surface area contributed by atoms with E-state index in [1.165, 1.54) is 6.07 Å². The normalized spacial score (nSPS) is 10.9. The smallest absolute Gasteiger partial charge is 0.132 e. The average Bonchev–Trinajstić information content (AvgIpc) is 2.33. The lowest BCUT2D eigenvalue weighted by Gasteiger charge is -2.06. The third kappa shape index (κ3) is 2.92. The molecule has 0 aliphatic heterocycles. The molecule has 0 aliphatic carbocycles. The minimum absolute atomic E-state index is 0.200. The van der Waals surface area contributed by atoms with Crippen LogP contribution in [0.4, 0.5) is 8.78 Å². The second-order valence-electron chi connectivity index (χ2n) is 4.77. The molecule has 0 fully saturated rings. The number of nitrogens with zero attached hydrogens (tertiary/aromatic N) is 1. The molecule has 0 radical (unpaired) electrons. The highest BCUT2D eigenvalue weighted by atomic mass is 19.1. The van der Waals surface area contributed by atoms with Gasteiger partial charge in [0, 0.05) is 11.8 Å². The second kappa shape index (κ2) is 5.25. The summed E-state index contributed by atoms with van der Waals surface area (Å²) in [5, 5.41) is 0. The largest absolute Gasteiger partial charge is 0.256 e. The molecule has 18 heavy (non-hydrogen) atoms. The Bertz CT molecular complexity index is 533. The molecule has 0 saturated carbocycles. The number of halogens is 2. The molecule has 2 rings (SSSR count). The van der Waals surface area contributed by atoms with Crippen LogP contribution in [0.1, 0.15) is 19.4 Å². The van der Waals surface area contributed by atoms with Crippen LogP contribution in [0.2, 0.25) is 0 Å². The highest BCUT2D eigenvalue weighted by molar-refractivity contribution is 5.59. The van der Waals surface area contributed by atoms with Crippen molar-refractivity contribution in [1.29, 1.82) is 0 Å². The molecule has 94 valence electrons. The number of hydrogen-bond acceptors (Lipinski definition) is 1. The highest BCUT2D eigenvalue weighted by Crippen LogP contribution is 2.22. The van der Waals surface area contributed by atoms with E-state index < -0.39 is 11.6 Å². The predicted molar refractivity (Wildman–Crippen MR) is 68.1 cm³/mol. The maximum absolute atomic E-state index is 13.6. The van der Waals surface area contributed by atoms with Gasteiger partial charge in [-0.15, -0.1) is 0 Å². The molecule has 0 aliphatic rings. The van der Waals surface area contributed by atoms with E-state index >= 15 is 0 Å². The SMILES string of the molecule is CC(C)Cc1ccc(-c2cc(F)ccc2F)nc1. The van der Waals surface area contributed by atoms with E-state index in [9.17, 15) is 8.78 Å². The summed E-state index contributed by atoms with van der Waals surface area (Å²) in [4.78, 5) is 4.20. The Hall–Kier alpha value is -1.77. The van der Waals surface area contributed by atoms with Crippen molar-refractivity contribution in [3.8, 4) is 11.3 Å². The summed E-state index contributed by atoms with van der Waals surface area (Å²) in [6, 6.07) is 7.03. The van der Waals surface area contributed by atoms with Crippen molar-refractivity contribution < 1.29 is 8.78 Å². The summed E-state index contributed by atoms with van der Waals surface area (Å²) < 4.78 is 26.6. The third-order valence-electron chi connectivity index (χ3n) is 2.67. The minimum atomic E-state index is -0.459. The second-order valence-corrected chi connectivity index (χ2v) is 4.77. The molecule has 0 unspecified atom stereocenters. The molecular formula is C15H15F2N. The molecule has 0 spiro atoms. The van der Waals surface area contributed by atoms with Crippen LogP contribution < -0.4 is 0 Å². The molecule has 0 saturated heterocycles. The first-order chi connectivity index (χ1) is 8.56. The van der Waals surface area contributed by atoms with E-state index in [1.54, 1.807) is 12.3 Å². The van der Waals surface area contributed by atoms with E-state index in [-0.39, 0.29) is 5.56 Å². The van der Waals surface area contributed by atoms with Gasteiger partial charge in [-0.2, -0.15) is 0 Å². The fourth-order valence-electron chi connectivity index (χ4n) is 1.87. The standard InChI is InChI=1S/C15H15F2N/c1-10(2)7-11-3-6-15(18-9-11)13-8-12(16)4-5-14(13)17/h3-6,8-10H,7H2,1-2H3. The summed E-state index contributed by atoms with van der Waals surface area (Å²) in [6.45, 7) is 4.25. The Morgan fingerprint density at radius 2 is 1.89 bits per heavy atom. The number of hydrogen-bond donors (Lipinski definition) is 0. The molecule has 0 amide bonds. The van der Waals surface area contributed by atoms with Crippen molar-refractivity contribution in [1.82, 2.24) is 4.98 Å². The van der Waals surface area contributed by atoms with Gasteiger partial charge in [-0.05, 0) is 42.2 Å². The summed E-state index contributed by atoms with van der Waals surface area (Å²) in [5.41, 5.74) is 1.76. The lowest BCUT2D eigenvalue weighted by molar-refractivity contribution is 0.602.